The van der Waals surface area contributed by atoms with Gasteiger partial charge in [-0.1, -0.05) is 6.92 Å². The van der Waals surface area contributed by atoms with E-state index in [0.717, 1.165) is 6.54 Å². The van der Waals surface area contributed by atoms with E-state index in [1.165, 1.54) is 6.42 Å². The van der Waals surface area contributed by atoms with E-state index in [2.05, 4.69) is 17.0 Å². The third kappa shape index (κ3) is 25.8. The third-order valence-corrected chi connectivity index (χ3v) is 0.908. The summed E-state index contributed by atoms with van der Waals surface area (Å²) in [5, 5.41) is 11.3. The summed E-state index contributed by atoms with van der Waals surface area (Å²) < 4.78 is 4.60. The average Bonchev–Trinajstić information content (AvgIpc) is 1.90. The molecular formula is C8H21NO2. The second-order valence-corrected chi connectivity index (χ2v) is 2.16. The molecule has 0 saturated heterocycles. The van der Waals surface area contributed by atoms with E-state index < -0.39 is 6.29 Å². The Balaban J connectivity index is 0. The quantitative estimate of drug-likeness (QED) is 0.607. The average molecular weight is 163 g/mol. The minimum absolute atomic E-state index is 0.581. The molecule has 0 aromatic carbocycles. The zero-order valence-electron chi connectivity index (χ0n) is 8.05. The van der Waals surface area contributed by atoms with Crippen LogP contribution in [0, 0.1) is 0 Å². The molecule has 0 heterocycles. The highest BCUT2D eigenvalue weighted by atomic mass is 16.6. The summed E-state index contributed by atoms with van der Waals surface area (Å²) >= 11 is 0. The maximum Gasteiger partial charge on any atom is 0.151 e. The van der Waals surface area contributed by atoms with Crippen molar-refractivity contribution in [2.75, 3.05) is 20.2 Å². The highest BCUT2D eigenvalue weighted by Crippen LogP contribution is 1.78. The van der Waals surface area contributed by atoms with Crippen molar-refractivity contribution in [3.8, 4) is 0 Å². The number of rotatable bonds is 4. The molecule has 11 heavy (non-hydrogen) atoms. The number of hydrogen-bond donors (Lipinski definition) is 2. The molecule has 2 N–H and O–H groups in total. The lowest BCUT2D eigenvalue weighted by molar-refractivity contribution is -0.0800. The first kappa shape index (κ1) is 13.5. The van der Waals surface area contributed by atoms with Crippen molar-refractivity contribution in [2.45, 2.75) is 33.5 Å². The Kier molecular flexibility index (Phi) is 15.4. The van der Waals surface area contributed by atoms with Gasteiger partial charge in [0.2, 0.25) is 0 Å². The Morgan fingerprint density at radius 2 is 2.00 bits per heavy atom. The van der Waals surface area contributed by atoms with E-state index in [-0.39, 0.29) is 0 Å². The molecule has 0 radical (unpaired) electrons. The predicted molar refractivity (Wildman–Crippen MR) is 47.5 cm³/mol. The fraction of sp³-hybridized carbons (Fsp3) is 1.00. The van der Waals surface area contributed by atoms with Crippen LogP contribution in [0.15, 0.2) is 0 Å². The van der Waals surface area contributed by atoms with Crippen LogP contribution >= 0.6 is 0 Å². The van der Waals surface area contributed by atoms with Gasteiger partial charge in [0.15, 0.2) is 6.29 Å². The normalized spacial score (nSPS) is 11.7. The van der Waals surface area contributed by atoms with Crippen molar-refractivity contribution in [3.05, 3.63) is 0 Å². The van der Waals surface area contributed by atoms with E-state index >= 15 is 0 Å². The van der Waals surface area contributed by atoms with Gasteiger partial charge in [-0.05, 0) is 33.9 Å². The Hall–Kier alpha value is -0.120. The summed E-state index contributed by atoms with van der Waals surface area (Å²) in [6, 6.07) is 0. The van der Waals surface area contributed by atoms with Crippen molar-refractivity contribution in [2.24, 2.45) is 0 Å². The van der Waals surface area contributed by atoms with Crippen LogP contribution in [-0.4, -0.2) is 31.6 Å². The van der Waals surface area contributed by atoms with E-state index in [1.54, 1.807) is 6.92 Å². The summed E-state index contributed by atoms with van der Waals surface area (Å²) in [7, 11) is 1.96. The highest BCUT2D eigenvalue weighted by Gasteiger charge is 1.85. The van der Waals surface area contributed by atoms with Crippen LogP contribution < -0.4 is 5.32 Å². The van der Waals surface area contributed by atoms with Crippen molar-refractivity contribution >= 4 is 0 Å². The van der Waals surface area contributed by atoms with Crippen LogP contribution in [0.5, 0.6) is 0 Å². The van der Waals surface area contributed by atoms with Crippen LogP contribution in [-0.2, 0) is 4.74 Å². The zero-order valence-corrected chi connectivity index (χ0v) is 8.05. The lowest BCUT2D eigenvalue weighted by Crippen LogP contribution is -2.04. The van der Waals surface area contributed by atoms with Crippen LogP contribution in [0.3, 0.4) is 0 Å². The van der Waals surface area contributed by atoms with Gasteiger partial charge < -0.3 is 15.2 Å². The Bertz CT molecular complexity index is 56.1. The lowest BCUT2D eigenvalue weighted by atomic mass is 10.5. The van der Waals surface area contributed by atoms with Crippen molar-refractivity contribution in [1.29, 1.82) is 0 Å². The standard InChI is InChI=1S/C4H11N.C4H10O2/c1-3-4-5-2;1-3-6-4(2)5/h5H,3-4H2,1-2H3;4-5H,3H2,1-2H3. The van der Waals surface area contributed by atoms with Gasteiger partial charge in [-0.3, -0.25) is 0 Å². The molecule has 0 spiro atoms. The van der Waals surface area contributed by atoms with Gasteiger partial charge in [0.05, 0.1) is 0 Å². The molecule has 0 amide bonds. The second-order valence-electron chi connectivity index (χ2n) is 2.16. The SMILES string of the molecule is CCCNC.CCOC(C)O. The van der Waals surface area contributed by atoms with Crippen LogP contribution in [0.1, 0.15) is 27.2 Å². The van der Waals surface area contributed by atoms with Crippen LogP contribution in [0.2, 0.25) is 0 Å². The molecule has 70 valence electrons. The molecule has 0 rings (SSSR count). The van der Waals surface area contributed by atoms with E-state index in [0.29, 0.717) is 6.61 Å². The van der Waals surface area contributed by atoms with Crippen molar-refractivity contribution < 1.29 is 9.84 Å². The number of aliphatic hydroxyl groups excluding tert-OH is 1. The minimum atomic E-state index is -0.602. The number of ether oxygens (including phenoxy) is 1. The number of nitrogens with one attached hydrogen (secondary N) is 1. The lowest BCUT2D eigenvalue weighted by Gasteiger charge is -1.99. The fourth-order valence-electron chi connectivity index (χ4n) is 0.491. The van der Waals surface area contributed by atoms with E-state index in [4.69, 9.17) is 5.11 Å². The first-order valence-corrected chi connectivity index (χ1v) is 4.13. The van der Waals surface area contributed by atoms with Gasteiger partial charge in [-0.2, -0.15) is 0 Å². The van der Waals surface area contributed by atoms with Gasteiger partial charge >= 0.3 is 0 Å². The second kappa shape index (κ2) is 12.5. The van der Waals surface area contributed by atoms with Gasteiger partial charge in [0.1, 0.15) is 0 Å². The van der Waals surface area contributed by atoms with Gasteiger partial charge in [0, 0.05) is 6.61 Å². The van der Waals surface area contributed by atoms with Crippen molar-refractivity contribution in [1.82, 2.24) is 5.32 Å². The molecule has 0 aliphatic carbocycles. The van der Waals surface area contributed by atoms with Gasteiger partial charge in [-0.25, -0.2) is 0 Å². The largest absolute Gasteiger partial charge is 0.368 e. The summed E-state index contributed by atoms with van der Waals surface area (Å²) in [5.41, 5.74) is 0. The zero-order chi connectivity index (χ0) is 9.11. The molecule has 0 saturated carbocycles. The van der Waals surface area contributed by atoms with Gasteiger partial charge in [0.25, 0.3) is 0 Å². The summed E-state index contributed by atoms with van der Waals surface area (Å²) in [4.78, 5) is 0. The van der Waals surface area contributed by atoms with E-state index in [9.17, 15) is 0 Å². The molecule has 0 aromatic heterocycles. The monoisotopic (exact) mass is 163 g/mol. The molecule has 0 aliphatic rings. The smallest absolute Gasteiger partial charge is 0.151 e. The maximum absolute atomic E-state index is 8.33. The number of hydrogen-bond acceptors (Lipinski definition) is 3. The Morgan fingerprint density at radius 1 is 1.45 bits per heavy atom. The van der Waals surface area contributed by atoms with Crippen molar-refractivity contribution in [3.63, 3.8) is 0 Å². The maximum atomic E-state index is 8.33. The molecule has 0 bridgehead atoms. The van der Waals surface area contributed by atoms with E-state index in [1.807, 2.05) is 14.0 Å². The van der Waals surface area contributed by atoms with Crippen LogP contribution in [0.4, 0.5) is 0 Å². The molecule has 3 heteroatoms. The molecular weight excluding hydrogens is 142 g/mol. The third-order valence-electron chi connectivity index (χ3n) is 0.908. The highest BCUT2D eigenvalue weighted by molar-refractivity contribution is 4.28. The molecule has 0 fully saturated rings. The van der Waals surface area contributed by atoms with Gasteiger partial charge in [-0.15, -0.1) is 0 Å². The first-order valence-electron chi connectivity index (χ1n) is 4.13. The topological polar surface area (TPSA) is 41.5 Å². The molecule has 1 unspecified atom stereocenters. The predicted octanol–water partition coefficient (Wildman–Crippen LogP) is 0.977. The minimum Gasteiger partial charge on any atom is -0.368 e. The van der Waals surface area contributed by atoms with Crippen LogP contribution in [0.25, 0.3) is 0 Å². The Labute approximate surface area is 69.8 Å². The molecule has 1 atom stereocenters. The fourth-order valence-corrected chi connectivity index (χ4v) is 0.491. The Morgan fingerprint density at radius 3 is 2.00 bits per heavy atom. The summed E-state index contributed by atoms with van der Waals surface area (Å²) in [6.45, 7) is 7.30. The summed E-state index contributed by atoms with van der Waals surface area (Å²) in [5.74, 6) is 0. The summed E-state index contributed by atoms with van der Waals surface area (Å²) in [6.07, 6.45) is 0.631. The first-order chi connectivity index (χ1) is 5.18. The number of aliphatic hydroxyl groups is 1. The molecule has 0 aliphatic heterocycles. The molecule has 3 nitrogen and oxygen atoms in total. The molecule has 0 aromatic rings.